The molecule has 1 aliphatic rings. The molecule has 2 aromatic carbocycles. The molecule has 6 nitrogen and oxygen atoms in total. The second-order valence-corrected chi connectivity index (χ2v) is 5.45. The lowest BCUT2D eigenvalue weighted by Crippen LogP contribution is -2.17. The van der Waals surface area contributed by atoms with Crippen molar-refractivity contribution in [2.45, 2.75) is 6.92 Å². The first-order valence-electron chi connectivity index (χ1n) is 7.65. The number of hydrogen-bond donors (Lipinski definition) is 1. The SMILES string of the molecule is Cc1nc(C(=O)Nc2ccc3c(c2)OCCO3)c2ccccc2n1. The van der Waals surface area contributed by atoms with Crippen molar-refractivity contribution in [3.63, 3.8) is 0 Å². The van der Waals surface area contributed by atoms with Gasteiger partial charge in [-0.2, -0.15) is 0 Å². The van der Waals surface area contributed by atoms with Crippen LogP contribution in [0.25, 0.3) is 10.9 Å². The highest BCUT2D eigenvalue weighted by molar-refractivity contribution is 6.10. The molecule has 1 amide bonds. The van der Waals surface area contributed by atoms with E-state index in [4.69, 9.17) is 9.47 Å². The van der Waals surface area contributed by atoms with Crippen LogP contribution in [0.3, 0.4) is 0 Å². The zero-order valence-corrected chi connectivity index (χ0v) is 13.1. The van der Waals surface area contributed by atoms with Gasteiger partial charge in [-0.3, -0.25) is 4.79 Å². The molecule has 1 aromatic heterocycles. The maximum Gasteiger partial charge on any atom is 0.275 e. The Balaban J connectivity index is 1.67. The average molecular weight is 321 g/mol. The highest BCUT2D eigenvalue weighted by Gasteiger charge is 2.16. The van der Waals surface area contributed by atoms with Gasteiger partial charge in [0.25, 0.3) is 5.91 Å². The number of carbonyl (C=O) groups is 1. The van der Waals surface area contributed by atoms with E-state index in [0.29, 0.717) is 41.9 Å². The van der Waals surface area contributed by atoms with Crippen molar-refractivity contribution in [2.24, 2.45) is 0 Å². The summed E-state index contributed by atoms with van der Waals surface area (Å²) >= 11 is 0. The minimum absolute atomic E-state index is 0.284. The fourth-order valence-electron chi connectivity index (χ4n) is 2.68. The van der Waals surface area contributed by atoms with Crippen molar-refractivity contribution >= 4 is 22.5 Å². The molecule has 0 fully saturated rings. The summed E-state index contributed by atoms with van der Waals surface area (Å²) in [5, 5.41) is 3.58. The molecule has 1 N–H and O–H groups in total. The summed E-state index contributed by atoms with van der Waals surface area (Å²) in [6.07, 6.45) is 0. The molecular formula is C18H15N3O3. The largest absolute Gasteiger partial charge is 0.486 e. The van der Waals surface area contributed by atoms with Crippen LogP contribution in [-0.2, 0) is 0 Å². The van der Waals surface area contributed by atoms with Crippen molar-refractivity contribution in [2.75, 3.05) is 18.5 Å². The molecule has 0 radical (unpaired) electrons. The molecule has 3 aromatic rings. The van der Waals surface area contributed by atoms with Crippen LogP contribution in [0.15, 0.2) is 42.5 Å². The summed E-state index contributed by atoms with van der Waals surface area (Å²) < 4.78 is 11.0. The summed E-state index contributed by atoms with van der Waals surface area (Å²) in [7, 11) is 0. The van der Waals surface area contributed by atoms with Gasteiger partial charge in [-0.25, -0.2) is 9.97 Å². The molecule has 4 rings (SSSR count). The number of rotatable bonds is 2. The van der Waals surface area contributed by atoms with Gasteiger partial charge in [0.1, 0.15) is 24.7 Å². The molecule has 2 heterocycles. The van der Waals surface area contributed by atoms with Gasteiger partial charge >= 0.3 is 0 Å². The number of anilines is 1. The van der Waals surface area contributed by atoms with Gasteiger partial charge in [-0.1, -0.05) is 18.2 Å². The van der Waals surface area contributed by atoms with Crippen LogP contribution in [-0.4, -0.2) is 29.1 Å². The molecule has 24 heavy (non-hydrogen) atoms. The normalized spacial score (nSPS) is 12.9. The Morgan fingerprint density at radius 1 is 1.04 bits per heavy atom. The molecule has 0 bridgehead atoms. The van der Waals surface area contributed by atoms with E-state index in [-0.39, 0.29) is 5.91 Å². The van der Waals surface area contributed by atoms with Gasteiger partial charge in [-0.05, 0) is 25.1 Å². The maximum atomic E-state index is 12.7. The van der Waals surface area contributed by atoms with Gasteiger partial charge < -0.3 is 14.8 Å². The number of aryl methyl sites for hydroxylation is 1. The number of ether oxygens (including phenoxy) is 2. The Kier molecular flexibility index (Phi) is 3.49. The summed E-state index contributed by atoms with van der Waals surface area (Å²) in [5.41, 5.74) is 1.73. The first kappa shape index (κ1) is 14.4. The molecule has 0 atom stereocenters. The number of fused-ring (bicyclic) bond motifs is 2. The number of nitrogens with zero attached hydrogens (tertiary/aromatic N) is 2. The summed E-state index contributed by atoms with van der Waals surface area (Å²) in [6, 6.07) is 12.8. The van der Waals surface area contributed by atoms with E-state index in [1.165, 1.54) is 0 Å². The van der Waals surface area contributed by atoms with Crippen molar-refractivity contribution in [3.8, 4) is 11.5 Å². The van der Waals surface area contributed by atoms with Crippen LogP contribution in [0.1, 0.15) is 16.3 Å². The smallest absolute Gasteiger partial charge is 0.275 e. The molecule has 1 aliphatic heterocycles. The van der Waals surface area contributed by atoms with Gasteiger partial charge in [0.15, 0.2) is 11.5 Å². The van der Waals surface area contributed by atoms with E-state index in [2.05, 4.69) is 15.3 Å². The number of aromatic nitrogens is 2. The Morgan fingerprint density at radius 2 is 1.83 bits per heavy atom. The van der Waals surface area contributed by atoms with Crippen LogP contribution in [0.5, 0.6) is 11.5 Å². The number of nitrogens with one attached hydrogen (secondary N) is 1. The monoisotopic (exact) mass is 321 g/mol. The maximum absolute atomic E-state index is 12.7. The molecule has 0 aliphatic carbocycles. The van der Waals surface area contributed by atoms with Crippen LogP contribution in [0.4, 0.5) is 5.69 Å². The van der Waals surface area contributed by atoms with Crippen molar-refractivity contribution in [3.05, 3.63) is 54.0 Å². The highest BCUT2D eigenvalue weighted by Crippen LogP contribution is 2.32. The highest BCUT2D eigenvalue weighted by atomic mass is 16.6. The number of carbonyl (C=O) groups excluding carboxylic acids is 1. The van der Waals surface area contributed by atoms with E-state index in [0.717, 1.165) is 10.9 Å². The second-order valence-electron chi connectivity index (χ2n) is 5.45. The average Bonchev–Trinajstić information content (AvgIpc) is 2.60. The Bertz CT molecular complexity index is 940. The van der Waals surface area contributed by atoms with Crippen LogP contribution in [0, 0.1) is 6.92 Å². The molecule has 0 spiro atoms. The van der Waals surface area contributed by atoms with Crippen LogP contribution in [0.2, 0.25) is 0 Å². The minimum atomic E-state index is -0.284. The summed E-state index contributed by atoms with van der Waals surface area (Å²) in [4.78, 5) is 21.3. The second kappa shape index (κ2) is 5.81. The molecule has 0 saturated heterocycles. The molecule has 0 unspecified atom stereocenters. The predicted octanol–water partition coefficient (Wildman–Crippen LogP) is 2.96. The topological polar surface area (TPSA) is 73.3 Å². The molecule has 6 heteroatoms. The zero-order chi connectivity index (χ0) is 16.5. The third kappa shape index (κ3) is 2.62. The predicted molar refractivity (Wildman–Crippen MR) is 89.7 cm³/mol. The van der Waals surface area contributed by atoms with E-state index in [1.54, 1.807) is 25.1 Å². The first-order valence-corrected chi connectivity index (χ1v) is 7.65. The van der Waals surface area contributed by atoms with Crippen molar-refractivity contribution in [1.29, 1.82) is 0 Å². The molecule has 0 saturated carbocycles. The van der Waals surface area contributed by atoms with Crippen molar-refractivity contribution in [1.82, 2.24) is 9.97 Å². The van der Waals surface area contributed by atoms with E-state index in [1.807, 2.05) is 24.3 Å². The molecule has 120 valence electrons. The number of amides is 1. The minimum Gasteiger partial charge on any atom is -0.486 e. The quantitative estimate of drug-likeness (QED) is 0.785. The van der Waals surface area contributed by atoms with Crippen molar-refractivity contribution < 1.29 is 14.3 Å². The first-order chi connectivity index (χ1) is 11.7. The van der Waals surface area contributed by atoms with Crippen LogP contribution < -0.4 is 14.8 Å². The fraction of sp³-hybridized carbons (Fsp3) is 0.167. The van der Waals surface area contributed by atoms with Gasteiger partial charge in [0, 0.05) is 17.1 Å². The fourth-order valence-corrected chi connectivity index (χ4v) is 2.68. The number of para-hydroxylation sites is 1. The Labute approximate surface area is 138 Å². The van der Waals surface area contributed by atoms with Crippen LogP contribution >= 0.6 is 0 Å². The van der Waals surface area contributed by atoms with E-state index >= 15 is 0 Å². The number of benzene rings is 2. The lowest BCUT2D eigenvalue weighted by atomic mass is 10.1. The standard InChI is InChI=1S/C18H15N3O3/c1-11-19-14-5-3-2-4-13(14)17(20-11)18(22)21-12-6-7-15-16(10-12)24-9-8-23-15/h2-7,10H,8-9H2,1H3,(H,21,22). The lowest BCUT2D eigenvalue weighted by molar-refractivity contribution is 0.102. The summed E-state index contributed by atoms with van der Waals surface area (Å²) in [5.74, 6) is 1.58. The van der Waals surface area contributed by atoms with Gasteiger partial charge in [0.2, 0.25) is 0 Å². The third-order valence-electron chi connectivity index (χ3n) is 3.73. The van der Waals surface area contributed by atoms with Gasteiger partial charge in [0.05, 0.1) is 5.52 Å². The Morgan fingerprint density at radius 3 is 2.71 bits per heavy atom. The zero-order valence-electron chi connectivity index (χ0n) is 13.1. The number of hydrogen-bond acceptors (Lipinski definition) is 5. The van der Waals surface area contributed by atoms with E-state index < -0.39 is 0 Å². The van der Waals surface area contributed by atoms with Gasteiger partial charge in [-0.15, -0.1) is 0 Å². The third-order valence-corrected chi connectivity index (χ3v) is 3.73. The summed E-state index contributed by atoms with van der Waals surface area (Å²) in [6.45, 7) is 2.80. The Hall–Kier alpha value is -3.15. The van der Waals surface area contributed by atoms with E-state index in [9.17, 15) is 4.79 Å². The lowest BCUT2D eigenvalue weighted by Gasteiger charge is -2.19. The molecular weight excluding hydrogens is 306 g/mol.